The van der Waals surface area contributed by atoms with Crippen LogP contribution < -0.4 is 0 Å². The van der Waals surface area contributed by atoms with Gasteiger partial charge in [0.25, 0.3) is 5.91 Å². The first-order chi connectivity index (χ1) is 8.09. The second kappa shape index (κ2) is 4.53. The van der Waals surface area contributed by atoms with E-state index in [0.29, 0.717) is 18.5 Å². The summed E-state index contributed by atoms with van der Waals surface area (Å²) in [5, 5.41) is 8.77. The molecule has 0 aliphatic heterocycles. The smallest absolute Gasteiger partial charge is 0.306 e. The Morgan fingerprint density at radius 1 is 1.41 bits per heavy atom. The molecule has 17 heavy (non-hydrogen) atoms. The molecule has 1 N–H and O–H groups in total. The van der Waals surface area contributed by atoms with Crippen molar-refractivity contribution in [3.05, 3.63) is 30.1 Å². The molecule has 1 saturated carbocycles. The van der Waals surface area contributed by atoms with Crippen LogP contribution in [0.1, 0.15) is 23.3 Å². The molecule has 2 rings (SSSR count). The molecular weight excluding hydrogens is 220 g/mol. The summed E-state index contributed by atoms with van der Waals surface area (Å²) >= 11 is 0. The van der Waals surface area contributed by atoms with Gasteiger partial charge in [-0.15, -0.1) is 0 Å². The molecule has 0 aromatic carbocycles. The minimum Gasteiger partial charge on any atom is -0.481 e. The first-order valence-corrected chi connectivity index (χ1v) is 5.50. The van der Waals surface area contributed by atoms with Gasteiger partial charge in [0.1, 0.15) is 5.69 Å². The Morgan fingerprint density at radius 2 is 2.12 bits per heavy atom. The Kier molecular flexibility index (Phi) is 3.08. The highest BCUT2D eigenvalue weighted by Gasteiger charge is 2.38. The number of carbonyl (C=O) groups excluding carboxylic acids is 1. The van der Waals surface area contributed by atoms with Crippen LogP contribution in [0.15, 0.2) is 24.4 Å². The van der Waals surface area contributed by atoms with Gasteiger partial charge in [0.2, 0.25) is 0 Å². The summed E-state index contributed by atoms with van der Waals surface area (Å²) in [7, 11) is 1.69. The highest BCUT2D eigenvalue weighted by molar-refractivity contribution is 5.92. The van der Waals surface area contributed by atoms with Gasteiger partial charge in [0.05, 0.1) is 5.92 Å². The van der Waals surface area contributed by atoms with Crippen molar-refractivity contribution in [2.75, 3.05) is 7.05 Å². The largest absolute Gasteiger partial charge is 0.481 e. The summed E-state index contributed by atoms with van der Waals surface area (Å²) in [6.45, 7) is 0. The van der Waals surface area contributed by atoms with Crippen LogP contribution in [0.25, 0.3) is 0 Å². The van der Waals surface area contributed by atoms with E-state index in [1.807, 2.05) is 0 Å². The minimum absolute atomic E-state index is 0.0191. The van der Waals surface area contributed by atoms with Gasteiger partial charge in [-0.3, -0.25) is 14.6 Å². The number of amides is 1. The van der Waals surface area contributed by atoms with Gasteiger partial charge in [-0.2, -0.15) is 0 Å². The van der Waals surface area contributed by atoms with E-state index in [2.05, 4.69) is 4.98 Å². The maximum Gasteiger partial charge on any atom is 0.306 e. The lowest BCUT2D eigenvalue weighted by molar-refractivity contribution is -0.146. The van der Waals surface area contributed by atoms with E-state index >= 15 is 0 Å². The number of hydrogen-bond donors (Lipinski definition) is 1. The van der Waals surface area contributed by atoms with Crippen molar-refractivity contribution in [1.29, 1.82) is 0 Å². The summed E-state index contributed by atoms with van der Waals surface area (Å²) in [5.41, 5.74) is 0.397. The lowest BCUT2D eigenvalue weighted by atomic mass is 9.79. The van der Waals surface area contributed by atoms with Crippen LogP contribution in [-0.4, -0.2) is 40.0 Å². The van der Waals surface area contributed by atoms with Crippen molar-refractivity contribution in [3.8, 4) is 0 Å². The zero-order valence-corrected chi connectivity index (χ0v) is 9.54. The molecule has 0 bridgehead atoms. The van der Waals surface area contributed by atoms with Gasteiger partial charge in [0.15, 0.2) is 0 Å². The molecule has 1 aliphatic carbocycles. The summed E-state index contributed by atoms with van der Waals surface area (Å²) in [5.74, 6) is -1.24. The first kappa shape index (κ1) is 11.6. The average Bonchev–Trinajstić information content (AvgIpc) is 2.26. The molecule has 0 saturated heterocycles. The molecule has 0 unspecified atom stereocenters. The Balaban J connectivity index is 1.96. The van der Waals surface area contributed by atoms with Crippen LogP contribution in [0.4, 0.5) is 0 Å². The predicted octanol–water partition coefficient (Wildman–Crippen LogP) is 1.02. The molecular formula is C12H14N2O3. The van der Waals surface area contributed by atoms with Crippen molar-refractivity contribution in [2.45, 2.75) is 18.9 Å². The topological polar surface area (TPSA) is 70.5 Å². The highest BCUT2D eigenvalue weighted by Crippen LogP contribution is 2.31. The number of carboxylic acid groups (broad SMARTS) is 1. The van der Waals surface area contributed by atoms with Gasteiger partial charge >= 0.3 is 5.97 Å². The van der Waals surface area contributed by atoms with E-state index in [0.717, 1.165) is 0 Å². The Morgan fingerprint density at radius 3 is 2.65 bits per heavy atom. The van der Waals surface area contributed by atoms with E-state index in [1.54, 1.807) is 36.3 Å². The molecule has 90 valence electrons. The average molecular weight is 234 g/mol. The molecule has 1 aromatic rings. The second-order valence-electron chi connectivity index (χ2n) is 4.29. The predicted molar refractivity (Wildman–Crippen MR) is 60.5 cm³/mol. The number of pyridine rings is 1. The third-order valence-electron chi connectivity index (χ3n) is 3.21. The number of carboxylic acids is 1. The SMILES string of the molecule is CN(C(=O)c1ccccn1)C1CC(C(=O)O)C1. The van der Waals surface area contributed by atoms with Crippen LogP contribution in [0.5, 0.6) is 0 Å². The molecule has 0 atom stereocenters. The fourth-order valence-electron chi connectivity index (χ4n) is 1.94. The monoisotopic (exact) mass is 234 g/mol. The molecule has 1 amide bonds. The number of aliphatic carboxylic acids is 1. The van der Waals surface area contributed by atoms with Crippen LogP contribution in [0.3, 0.4) is 0 Å². The Labute approximate surface area is 99.1 Å². The standard InChI is InChI=1S/C12H14N2O3/c1-14(9-6-8(7-9)12(16)17)11(15)10-4-2-3-5-13-10/h2-5,8-9H,6-7H2,1H3,(H,16,17). The van der Waals surface area contributed by atoms with Crippen molar-refractivity contribution >= 4 is 11.9 Å². The van der Waals surface area contributed by atoms with E-state index in [9.17, 15) is 9.59 Å². The molecule has 1 aromatic heterocycles. The van der Waals surface area contributed by atoms with Gasteiger partial charge in [0, 0.05) is 19.3 Å². The van der Waals surface area contributed by atoms with E-state index in [4.69, 9.17) is 5.11 Å². The number of carbonyl (C=O) groups is 2. The normalized spacial score (nSPS) is 22.6. The van der Waals surface area contributed by atoms with Gasteiger partial charge < -0.3 is 10.0 Å². The maximum atomic E-state index is 12.0. The molecule has 1 aliphatic rings. The van der Waals surface area contributed by atoms with Crippen LogP contribution in [-0.2, 0) is 4.79 Å². The first-order valence-electron chi connectivity index (χ1n) is 5.50. The Bertz CT molecular complexity index is 427. The molecule has 0 spiro atoms. The van der Waals surface area contributed by atoms with Crippen LogP contribution in [0.2, 0.25) is 0 Å². The highest BCUT2D eigenvalue weighted by atomic mass is 16.4. The number of hydrogen-bond acceptors (Lipinski definition) is 3. The minimum atomic E-state index is -0.778. The summed E-state index contributed by atoms with van der Waals surface area (Å²) < 4.78 is 0. The molecule has 5 heteroatoms. The quantitative estimate of drug-likeness (QED) is 0.847. The molecule has 1 fully saturated rings. The molecule has 0 radical (unpaired) electrons. The number of nitrogens with zero attached hydrogens (tertiary/aromatic N) is 2. The second-order valence-corrected chi connectivity index (χ2v) is 4.29. The lowest BCUT2D eigenvalue weighted by Crippen LogP contribution is -2.47. The molecule has 1 heterocycles. The zero-order valence-electron chi connectivity index (χ0n) is 9.54. The van der Waals surface area contributed by atoms with Gasteiger partial charge in [-0.05, 0) is 25.0 Å². The number of rotatable bonds is 3. The molecule has 5 nitrogen and oxygen atoms in total. The fraction of sp³-hybridized carbons (Fsp3) is 0.417. The van der Waals surface area contributed by atoms with E-state index in [-0.39, 0.29) is 17.9 Å². The van der Waals surface area contributed by atoms with Crippen molar-refractivity contribution < 1.29 is 14.7 Å². The third kappa shape index (κ3) is 2.27. The van der Waals surface area contributed by atoms with Crippen molar-refractivity contribution in [2.24, 2.45) is 5.92 Å². The zero-order chi connectivity index (χ0) is 12.4. The summed E-state index contributed by atoms with van der Waals surface area (Å²) in [4.78, 5) is 28.2. The fourth-order valence-corrected chi connectivity index (χ4v) is 1.94. The number of aromatic nitrogens is 1. The van der Waals surface area contributed by atoms with Crippen LogP contribution in [0, 0.1) is 5.92 Å². The van der Waals surface area contributed by atoms with Gasteiger partial charge in [-0.25, -0.2) is 0 Å². The summed E-state index contributed by atoms with van der Waals surface area (Å²) in [6.07, 6.45) is 2.64. The lowest BCUT2D eigenvalue weighted by Gasteiger charge is -2.38. The van der Waals surface area contributed by atoms with Crippen molar-refractivity contribution in [3.63, 3.8) is 0 Å². The van der Waals surface area contributed by atoms with Gasteiger partial charge in [-0.1, -0.05) is 6.07 Å². The van der Waals surface area contributed by atoms with Crippen LogP contribution >= 0.6 is 0 Å². The van der Waals surface area contributed by atoms with Crippen molar-refractivity contribution in [1.82, 2.24) is 9.88 Å². The third-order valence-corrected chi connectivity index (χ3v) is 3.21. The van der Waals surface area contributed by atoms with E-state index < -0.39 is 5.97 Å². The Hall–Kier alpha value is -1.91. The van der Waals surface area contributed by atoms with E-state index in [1.165, 1.54) is 0 Å². The summed E-state index contributed by atoms with van der Waals surface area (Å²) in [6, 6.07) is 5.19. The maximum absolute atomic E-state index is 12.0.